The van der Waals surface area contributed by atoms with E-state index >= 15 is 26.3 Å². The van der Waals surface area contributed by atoms with E-state index in [4.69, 9.17) is 0 Å². The van der Waals surface area contributed by atoms with Crippen molar-refractivity contribution in [1.29, 1.82) is 0 Å². The zero-order chi connectivity index (χ0) is 62.4. The van der Waals surface area contributed by atoms with Gasteiger partial charge in [-0.3, -0.25) is 0 Å². The van der Waals surface area contributed by atoms with E-state index in [-0.39, 0.29) is 5.41 Å². The first kappa shape index (κ1) is 62.9. The molecule has 0 radical (unpaired) electrons. The van der Waals surface area contributed by atoms with E-state index in [1.807, 2.05) is 157 Å². The zero-order valence-electron chi connectivity index (χ0n) is 52.2. The predicted molar refractivity (Wildman–Crippen MR) is 358 cm³/mol. The molecule has 0 fully saturated rings. The van der Waals surface area contributed by atoms with Crippen LogP contribution in [-0.2, 0) is 10.8 Å². The van der Waals surface area contributed by atoms with Crippen LogP contribution in [0.3, 0.4) is 0 Å². The summed E-state index contributed by atoms with van der Waals surface area (Å²) in [6.07, 6.45) is 1.83. The maximum atomic E-state index is 15.5. The molecule has 0 spiro atoms. The van der Waals surface area contributed by atoms with Crippen molar-refractivity contribution in [2.24, 2.45) is 11.8 Å². The fourth-order valence-corrected chi connectivity index (χ4v) is 13.9. The number of fused-ring (bicyclic) bond motifs is 5. The summed E-state index contributed by atoms with van der Waals surface area (Å²) in [7, 11) is 0. The molecule has 10 aromatic rings. The molecule has 454 valence electrons. The molecule has 8 heteroatoms. The Morgan fingerprint density at radius 3 is 1.05 bits per heavy atom. The highest BCUT2D eigenvalue weighted by molar-refractivity contribution is 6.00. The Bertz CT molecular complexity index is 3680. The van der Waals surface area contributed by atoms with Crippen LogP contribution in [0.2, 0.25) is 0 Å². The summed E-state index contributed by atoms with van der Waals surface area (Å²) in [6, 6.07) is 65.6. The molecule has 0 bridgehead atoms. The van der Waals surface area contributed by atoms with Crippen molar-refractivity contribution in [1.82, 2.24) is 0 Å². The Kier molecular flexibility index (Phi) is 19.1. The molecular weight excluding hydrogens is 1100 g/mol. The van der Waals surface area contributed by atoms with Gasteiger partial charge >= 0.3 is 12.4 Å². The largest absolute Gasteiger partial charge is 0.411 e. The van der Waals surface area contributed by atoms with E-state index < -0.39 is 28.9 Å². The maximum absolute atomic E-state index is 15.5. The van der Waals surface area contributed by atoms with Gasteiger partial charge in [0.25, 0.3) is 0 Å². The van der Waals surface area contributed by atoms with E-state index in [9.17, 15) is 0 Å². The van der Waals surface area contributed by atoms with E-state index in [1.54, 1.807) is 11.1 Å². The molecule has 0 amide bonds. The molecule has 0 aromatic heterocycles. The molecule has 1 aliphatic rings. The average molecular weight is 1190 g/mol. The molecule has 0 saturated carbocycles. The Labute approximate surface area is 517 Å². The molecule has 2 nitrogen and oxygen atoms in total. The number of halogens is 6. The lowest BCUT2D eigenvalue weighted by molar-refractivity contribution is -0.288. The van der Waals surface area contributed by atoms with E-state index in [2.05, 4.69) is 77.9 Å². The number of rotatable bonds is 20. The number of anilines is 6. The van der Waals surface area contributed by atoms with Gasteiger partial charge in [0.05, 0.1) is 11.4 Å². The van der Waals surface area contributed by atoms with E-state index in [0.717, 1.165) is 80.1 Å². The minimum Gasteiger partial charge on any atom is -0.310 e. The third-order valence-corrected chi connectivity index (χ3v) is 18.6. The smallest absolute Gasteiger partial charge is 0.310 e. The number of nitrogens with zero attached hydrogens (tertiary/aromatic N) is 2. The number of alkyl halides is 6. The second-order valence-corrected chi connectivity index (χ2v) is 24.6. The van der Waals surface area contributed by atoms with Crippen molar-refractivity contribution in [3.63, 3.8) is 0 Å². The molecule has 2 atom stereocenters. The number of unbranched alkanes of at least 4 members (excludes halogenated alkanes) is 2. The molecule has 0 heterocycles. The number of aryl methyl sites for hydroxylation is 4. The van der Waals surface area contributed by atoms with Crippen molar-refractivity contribution in [3.8, 4) is 11.1 Å². The molecule has 2 unspecified atom stereocenters. The molecule has 0 aliphatic heterocycles. The van der Waals surface area contributed by atoms with Crippen LogP contribution in [0.25, 0.3) is 32.7 Å². The van der Waals surface area contributed by atoms with Crippen LogP contribution in [0.5, 0.6) is 0 Å². The van der Waals surface area contributed by atoms with Gasteiger partial charge in [-0.2, -0.15) is 26.3 Å². The fourth-order valence-electron chi connectivity index (χ4n) is 13.9. The highest BCUT2D eigenvalue weighted by atomic mass is 19.4. The van der Waals surface area contributed by atoms with Crippen LogP contribution in [0.1, 0.15) is 136 Å². The van der Waals surface area contributed by atoms with Crippen molar-refractivity contribution in [2.45, 2.75) is 143 Å². The van der Waals surface area contributed by atoms with Gasteiger partial charge in [0.2, 0.25) is 5.41 Å². The SMILES string of the molecule is CCCCC(CC)CC1(CC(CC)CCCC)c2cc(C)ccc2-c2ccc(C)cc21.Cc1ccc(N(c2ccc(C(c3ccc(N(c4ccc(C)cc4)c4cccc5ccccc45)cc3)(C(F)(F)F)C(F)(F)F)cc2)c2cccc3ccccc23)cc1. The lowest BCUT2D eigenvalue weighted by atomic mass is 9.65. The summed E-state index contributed by atoms with van der Waals surface area (Å²) >= 11 is 0. The summed E-state index contributed by atoms with van der Waals surface area (Å²) in [5, 5.41) is 3.60. The normalized spacial score (nSPS) is 13.6. The summed E-state index contributed by atoms with van der Waals surface area (Å²) in [6.45, 7) is 18.0. The van der Waals surface area contributed by atoms with Gasteiger partial charge in [-0.25, -0.2) is 0 Å². The molecular formula is C80H82F6N2. The van der Waals surface area contributed by atoms with Crippen molar-refractivity contribution >= 4 is 55.7 Å². The lowest BCUT2D eigenvalue weighted by Crippen LogP contribution is -2.54. The second kappa shape index (κ2) is 26.7. The van der Waals surface area contributed by atoms with Gasteiger partial charge in [0, 0.05) is 38.9 Å². The van der Waals surface area contributed by atoms with Crippen molar-refractivity contribution in [2.75, 3.05) is 9.80 Å². The van der Waals surface area contributed by atoms with Crippen LogP contribution in [0.15, 0.2) is 218 Å². The summed E-state index contributed by atoms with van der Waals surface area (Å²) < 4.78 is 93.0. The van der Waals surface area contributed by atoms with Crippen LogP contribution in [0, 0.1) is 39.5 Å². The van der Waals surface area contributed by atoms with Crippen LogP contribution >= 0.6 is 0 Å². The summed E-state index contributed by atoms with van der Waals surface area (Å²) in [5.41, 5.74) is 8.73. The Balaban J connectivity index is 0.000000233. The molecule has 0 saturated heterocycles. The molecule has 1 aliphatic carbocycles. The third-order valence-electron chi connectivity index (χ3n) is 18.6. The molecule has 88 heavy (non-hydrogen) atoms. The monoisotopic (exact) mass is 1180 g/mol. The van der Waals surface area contributed by atoms with Crippen LogP contribution < -0.4 is 9.80 Å². The molecule has 10 aromatic carbocycles. The van der Waals surface area contributed by atoms with Gasteiger partial charge < -0.3 is 9.80 Å². The first-order valence-electron chi connectivity index (χ1n) is 31.6. The van der Waals surface area contributed by atoms with Gasteiger partial charge in [-0.05, 0) is 157 Å². The predicted octanol–water partition coefficient (Wildman–Crippen LogP) is 24.7. The summed E-state index contributed by atoms with van der Waals surface area (Å²) in [4.78, 5) is 3.69. The Morgan fingerprint density at radius 1 is 0.375 bits per heavy atom. The standard InChI is InChI=1S/C49H36F6N2.C31H46/c1-33-17-25-39(26-18-33)56(45-15-7-11-35-9-3-5-13-43(35)45)41-29-21-37(22-30-41)47(48(50,51)52,49(53,54)55)38-23-31-42(32-24-38)57(40-27-19-34(2)20-28-40)46-16-8-12-36-10-4-6-14-44(36)46;1-7-11-13-25(9-3)21-31(22-26(10-4)14-12-8-2)29-19-23(5)15-17-27(29)28-18-16-24(6)20-30(28)31/h3-32H,1-2H3;15-20,25-26H,7-14,21-22H2,1-6H3. The van der Waals surface area contributed by atoms with E-state index in [1.165, 1.54) is 111 Å². The third kappa shape index (κ3) is 12.5. The molecule has 0 N–H and O–H groups in total. The first-order chi connectivity index (χ1) is 42.3. The summed E-state index contributed by atoms with van der Waals surface area (Å²) in [5.74, 6) is 1.62. The topological polar surface area (TPSA) is 6.48 Å². The highest BCUT2D eigenvalue weighted by Gasteiger charge is 2.72. The quantitative estimate of drug-likeness (QED) is 0.0702. The maximum Gasteiger partial charge on any atom is 0.411 e. The number of hydrogen-bond donors (Lipinski definition) is 0. The van der Waals surface area contributed by atoms with Gasteiger partial charge in [-0.15, -0.1) is 0 Å². The van der Waals surface area contributed by atoms with Gasteiger partial charge in [0.1, 0.15) is 0 Å². The highest BCUT2D eigenvalue weighted by Crippen LogP contribution is 2.59. The minimum absolute atomic E-state index is 0.186. The van der Waals surface area contributed by atoms with Crippen LogP contribution in [0.4, 0.5) is 60.5 Å². The average Bonchev–Trinajstić information content (AvgIpc) is 1.10. The zero-order valence-corrected chi connectivity index (χ0v) is 52.2. The fraction of sp³-hybridized carbons (Fsp3) is 0.300. The Morgan fingerprint density at radius 2 is 0.705 bits per heavy atom. The number of benzene rings is 10. The molecule has 11 rings (SSSR count). The first-order valence-corrected chi connectivity index (χ1v) is 31.6. The Hall–Kier alpha value is -8.10. The van der Waals surface area contributed by atoms with E-state index in [0.29, 0.717) is 22.7 Å². The van der Waals surface area contributed by atoms with Gasteiger partial charge in [-0.1, -0.05) is 259 Å². The van der Waals surface area contributed by atoms with Crippen molar-refractivity contribution in [3.05, 3.63) is 263 Å². The second-order valence-electron chi connectivity index (χ2n) is 24.6. The van der Waals surface area contributed by atoms with Crippen molar-refractivity contribution < 1.29 is 26.3 Å². The number of hydrogen-bond acceptors (Lipinski definition) is 2. The van der Waals surface area contributed by atoms with Gasteiger partial charge in [0.15, 0.2) is 0 Å². The lowest BCUT2D eigenvalue weighted by Gasteiger charge is -2.39. The van der Waals surface area contributed by atoms with Crippen LogP contribution in [-0.4, -0.2) is 12.4 Å². The minimum atomic E-state index is -5.76.